The Kier molecular flexibility index (Phi) is 4.43. The van der Waals surface area contributed by atoms with Crippen LogP contribution in [0.25, 0.3) is 0 Å². The van der Waals surface area contributed by atoms with Crippen molar-refractivity contribution in [3.8, 4) is 0 Å². The standard InChI is InChI=1S/C14H27NOS/c1-5-17-9-7-10(2)15-12-11-6-8-16-13(11)14(12,3)4/h10-13,15H,5-9H2,1-4H3. The van der Waals surface area contributed by atoms with Crippen LogP contribution in [0.1, 0.15) is 40.5 Å². The van der Waals surface area contributed by atoms with E-state index in [9.17, 15) is 0 Å². The summed E-state index contributed by atoms with van der Waals surface area (Å²) < 4.78 is 5.83. The smallest absolute Gasteiger partial charge is 0.0685 e. The number of nitrogens with one attached hydrogen (secondary N) is 1. The molecule has 2 rings (SSSR count). The van der Waals surface area contributed by atoms with Gasteiger partial charge in [0.15, 0.2) is 0 Å². The van der Waals surface area contributed by atoms with E-state index >= 15 is 0 Å². The largest absolute Gasteiger partial charge is 0.377 e. The Morgan fingerprint density at radius 1 is 1.47 bits per heavy atom. The zero-order valence-corrected chi connectivity index (χ0v) is 12.5. The first-order chi connectivity index (χ1) is 8.07. The maximum Gasteiger partial charge on any atom is 0.0685 e. The lowest BCUT2D eigenvalue weighted by molar-refractivity contribution is -0.115. The molecule has 0 aromatic carbocycles. The fourth-order valence-electron chi connectivity index (χ4n) is 3.46. The van der Waals surface area contributed by atoms with Gasteiger partial charge in [-0.3, -0.25) is 0 Å². The van der Waals surface area contributed by atoms with Crippen molar-refractivity contribution in [2.75, 3.05) is 18.1 Å². The van der Waals surface area contributed by atoms with Crippen LogP contribution in [-0.2, 0) is 4.74 Å². The molecule has 1 heterocycles. The van der Waals surface area contributed by atoms with Crippen molar-refractivity contribution in [3.63, 3.8) is 0 Å². The van der Waals surface area contributed by atoms with Crippen molar-refractivity contribution in [1.82, 2.24) is 5.32 Å². The average molecular weight is 257 g/mol. The molecule has 2 nitrogen and oxygen atoms in total. The van der Waals surface area contributed by atoms with Crippen LogP contribution in [0, 0.1) is 11.3 Å². The van der Waals surface area contributed by atoms with Gasteiger partial charge in [-0.05, 0) is 31.3 Å². The quantitative estimate of drug-likeness (QED) is 0.739. The van der Waals surface area contributed by atoms with Gasteiger partial charge in [0.2, 0.25) is 0 Å². The van der Waals surface area contributed by atoms with Crippen molar-refractivity contribution in [2.45, 2.75) is 58.7 Å². The Morgan fingerprint density at radius 3 is 2.94 bits per heavy atom. The van der Waals surface area contributed by atoms with Gasteiger partial charge in [-0.2, -0.15) is 11.8 Å². The lowest BCUT2D eigenvalue weighted by atomic mass is 9.57. The Bertz CT molecular complexity index is 257. The Hall–Kier alpha value is 0.270. The van der Waals surface area contributed by atoms with Gasteiger partial charge in [-0.1, -0.05) is 20.8 Å². The molecule has 3 heteroatoms. The molecule has 1 saturated carbocycles. The van der Waals surface area contributed by atoms with Gasteiger partial charge >= 0.3 is 0 Å². The van der Waals surface area contributed by atoms with Gasteiger partial charge in [0.25, 0.3) is 0 Å². The molecule has 0 aromatic heterocycles. The molecule has 0 aromatic rings. The monoisotopic (exact) mass is 257 g/mol. The second-order valence-electron chi connectivity index (χ2n) is 6.10. The van der Waals surface area contributed by atoms with Gasteiger partial charge in [0, 0.05) is 30.0 Å². The molecule has 17 heavy (non-hydrogen) atoms. The van der Waals surface area contributed by atoms with Gasteiger partial charge < -0.3 is 10.1 Å². The second kappa shape index (κ2) is 5.50. The first-order valence-electron chi connectivity index (χ1n) is 7.02. The fourth-order valence-corrected chi connectivity index (χ4v) is 4.27. The van der Waals surface area contributed by atoms with Crippen LogP contribution in [0.15, 0.2) is 0 Å². The summed E-state index contributed by atoms with van der Waals surface area (Å²) in [6.07, 6.45) is 3.04. The van der Waals surface area contributed by atoms with Crippen molar-refractivity contribution in [1.29, 1.82) is 0 Å². The van der Waals surface area contributed by atoms with Crippen molar-refractivity contribution >= 4 is 11.8 Å². The molecule has 1 aliphatic carbocycles. The zero-order valence-electron chi connectivity index (χ0n) is 11.7. The summed E-state index contributed by atoms with van der Waals surface area (Å²) in [5.41, 5.74) is 0.327. The van der Waals surface area contributed by atoms with Crippen molar-refractivity contribution in [3.05, 3.63) is 0 Å². The number of ether oxygens (including phenoxy) is 1. The number of hydrogen-bond donors (Lipinski definition) is 1. The van der Waals surface area contributed by atoms with Crippen molar-refractivity contribution in [2.24, 2.45) is 11.3 Å². The Morgan fingerprint density at radius 2 is 2.24 bits per heavy atom. The first kappa shape index (κ1) is 13.7. The molecule has 1 saturated heterocycles. The maximum atomic E-state index is 5.83. The van der Waals surface area contributed by atoms with Crippen LogP contribution in [0.5, 0.6) is 0 Å². The third-order valence-electron chi connectivity index (χ3n) is 4.46. The molecule has 1 N–H and O–H groups in total. The van der Waals surface area contributed by atoms with E-state index in [1.54, 1.807) is 0 Å². The van der Waals surface area contributed by atoms with Crippen LogP contribution in [0.2, 0.25) is 0 Å². The minimum Gasteiger partial charge on any atom is -0.377 e. The molecule has 0 radical (unpaired) electrons. The predicted octanol–water partition coefficient (Wildman–Crippen LogP) is 2.92. The molecule has 4 atom stereocenters. The zero-order chi connectivity index (χ0) is 12.5. The van der Waals surface area contributed by atoms with Gasteiger partial charge in [-0.25, -0.2) is 0 Å². The van der Waals surface area contributed by atoms with Gasteiger partial charge in [0.1, 0.15) is 0 Å². The van der Waals surface area contributed by atoms with E-state index in [1.165, 1.54) is 24.3 Å². The number of rotatable bonds is 6. The van der Waals surface area contributed by atoms with E-state index in [-0.39, 0.29) is 0 Å². The summed E-state index contributed by atoms with van der Waals surface area (Å²) in [6.45, 7) is 10.2. The maximum absolute atomic E-state index is 5.83. The number of hydrogen-bond acceptors (Lipinski definition) is 3. The fraction of sp³-hybridized carbons (Fsp3) is 1.00. The normalized spacial score (nSPS) is 36.4. The molecule has 0 bridgehead atoms. The predicted molar refractivity (Wildman–Crippen MR) is 75.6 cm³/mol. The Balaban J connectivity index is 1.78. The van der Waals surface area contributed by atoms with Crippen LogP contribution in [0.4, 0.5) is 0 Å². The third-order valence-corrected chi connectivity index (χ3v) is 5.40. The van der Waals surface area contributed by atoms with E-state index in [4.69, 9.17) is 4.74 Å². The molecule has 0 amide bonds. The molecule has 4 unspecified atom stereocenters. The van der Waals surface area contributed by atoms with Crippen LogP contribution in [-0.4, -0.2) is 36.3 Å². The molecule has 2 fully saturated rings. The summed E-state index contributed by atoms with van der Waals surface area (Å²) in [7, 11) is 0. The molecule has 0 spiro atoms. The Labute approximate surface area is 110 Å². The lowest BCUT2D eigenvalue weighted by Crippen LogP contribution is -2.67. The second-order valence-corrected chi connectivity index (χ2v) is 7.49. The highest BCUT2D eigenvalue weighted by molar-refractivity contribution is 7.99. The van der Waals surface area contributed by atoms with E-state index in [0.29, 0.717) is 23.6 Å². The van der Waals surface area contributed by atoms with E-state index in [2.05, 4.69) is 33.0 Å². The molecular weight excluding hydrogens is 230 g/mol. The lowest BCUT2D eigenvalue weighted by Gasteiger charge is -2.55. The number of fused-ring (bicyclic) bond motifs is 1. The highest BCUT2D eigenvalue weighted by atomic mass is 32.2. The summed E-state index contributed by atoms with van der Waals surface area (Å²) >= 11 is 2.04. The van der Waals surface area contributed by atoms with Gasteiger partial charge in [-0.15, -0.1) is 0 Å². The van der Waals surface area contributed by atoms with Gasteiger partial charge in [0.05, 0.1) is 6.10 Å². The molecule has 1 aliphatic heterocycles. The third kappa shape index (κ3) is 2.66. The summed E-state index contributed by atoms with van der Waals surface area (Å²) in [5.74, 6) is 3.29. The minimum atomic E-state index is 0.327. The highest BCUT2D eigenvalue weighted by Crippen LogP contribution is 2.52. The topological polar surface area (TPSA) is 21.3 Å². The van der Waals surface area contributed by atoms with Crippen LogP contribution >= 0.6 is 11.8 Å². The average Bonchev–Trinajstić information content (AvgIpc) is 2.73. The number of thioether (sulfide) groups is 1. The van der Waals surface area contributed by atoms with E-state index in [1.807, 2.05) is 11.8 Å². The minimum absolute atomic E-state index is 0.327. The first-order valence-corrected chi connectivity index (χ1v) is 8.18. The molecular formula is C14H27NOS. The summed E-state index contributed by atoms with van der Waals surface area (Å²) in [6, 6.07) is 1.30. The van der Waals surface area contributed by atoms with Crippen molar-refractivity contribution < 1.29 is 4.74 Å². The summed E-state index contributed by atoms with van der Waals surface area (Å²) in [5, 5.41) is 3.84. The summed E-state index contributed by atoms with van der Waals surface area (Å²) in [4.78, 5) is 0. The molecule has 100 valence electrons. The van der Waals surface area contributed by atoms with E-state index < -0.39 is 0 Å². The molecule has 2 aliphatic rings. The SMILES string of the molecule is CCSCCC(C)NC1C2CCOC2C1(C)C. The van der Waals surface area contributed by atoms with E-state index in [0.717, 1.165) is 12.5 Å². The highest BCUT2D eigenvalue weighted by Gasteiger charge is 2.59. The van der Waals surface area contributed by atoms with Crippen LogP contribution < -0.4 is 5.32 Å². The van der Waals surface area contributed by atoms with Crippen LogP contribution in [0.3, 0.4) is 0 Å².